The van der Waals surface area contributed by atoms with Gasteiger partial charge in [-0.05, 0) is 18.4 Å². The second-order valence-electron chi connectivity index (χ2n) is 5.47. The van der Waals surface area contributed by atoms with Gasteiger partial charge in [-0.25, -0.2) is 0 Å². The lowest BCUT2D eigenvalue weighted by atomic mass is 9.99. The Morgan fingerprint density at radius 2 is 2.19 bits per heavy atom. The maximum atomic E-state index is 12.5. The molecule has 110 valence electrons. The molecular weight excluding hydrogens is 264 g/mol. The average Bonchev–Trinajstić information content (AvgIpc) is 3.14. The van der Waals surface area contributed by atoms with E-state index in [9.17, 15) is 4.79 Å². The third-order valence-electron chi connectivity index (χ3n) is 4.19. The summed E-state index contributed by atoms with van der Waals surface area (Å²) in [6.07, 6.45) is 1.74. The van der Waals surface area contributed by atoms with Crippen LogP contribution in [0.1, 0.15) is 41.0 Å². The summed E-state index contributed by atoms with van der Waals surface area (Å²) in [5.41, 5.74) is 8.96. The molecule has 0 radical (unpaired) electrons. The van der Waals surface area contributed by atoms with Gasteiger partial charge < -0.3 is 10.6 Å². The zero-order valence-corrected chi connectivity index (χ0v) is 12.2. The lowest BCUT2D eigenvalue weighted by Crippen LogP contribution is -2.29. The van der Waals surface area contributed by atoms with Crippen molar-refractivity contribution in [2.75, 3.05) is 18.8 Å². The molecule has 1 amide bonds. The number of H-pyrrole nitrogens is 1. The highest BCUT2D eigenvalue weighted by Gasteiger charge is 2.30. The highest BCUT2D eigenvalue weighted by molar-refractivity contribution is 5.97. The third kappa shape index (κ3) is 2.51. The molecule has 1 saturated heterocycles. The molecule has 1 aromatic heterocycles. The number of aromatic amines is 1. The Bertz CT molecular complexity index is 635. The smallest absolute Gasteiger partial charge is 0.276 e. The molecule has 1 unspecified atom stereocenters. The van der Waals surface area contributed by atoms with E-state index in [1.165, 1.54) is 5.56 Å². The van der Waals surface area contributed by atoms with Crippen molar-refractivity contribution in [2.24, 2.45) is 0 Å². The van der Waals surface area contributed by atoms with E-state index in [-0.39, 0.29) is 5.91 Å². The van der Waals surface area contributed by atoms with Crippen molar-refractivity contribution in [2.45, 2.75) is 25.7 Å². The minimum Gasteiger partial charge on any atom is -0.395 e. The van der Waals surface area contributed by atoms with Gasteiger partial charge >= 0.3 is 0 Å². The zero-order chi connectivity index (χ0) is 14.8. The fraction of sp³-hybridized carbons (Fsp3) is 0.375. The number of carbonyl (C=O) groups is 1. The number of hydrogen-bond donors (Lipinski definition) is 2. The Kier molecular flexibility index (Phi) is 3.64. The van der Waals surface area contributed by atoms with Crippen LogP contribution in [-0.4, -0.2) is 34.1 Å². The van der Waals surface area contributed by atoms with Gasteiger partial charge in [-0.1, -0.05) is 37.3 Å². The van der Waals surface area contributed by atoms with Gasteiger partial charge in [0.15, 0.2) is 5.69 Å². The molecule has 0 aliphatic carbocycles. The number of nitrogen functional groups attached to an aromatic ring is 1. The fourth-order valence-electron chi connectivity index (χ4n) is 2.91. The summed E-state index contributed by atoms with van der Waals surface area (Å²) in [6, 6.07) is 10.3. The predicted molar refractivity (Wildman–Crippen MR) is 82.1 cm³/mol. The molecule has 2 heterocycles. The van der Waals surface area contributed by atoms with Crippen LogP contribution in [-0.2, 0) is 6.42 Å². The van der Waals surface area contributed by atoms with E-state index in [0.717, 1.165) is 31.6 Å². The Morgan fingerprint density at radius 3 is 2.86 bits per heavy atom. The Labute approximate surface area is 124 Å². The van der Waals surface area contributed by atoms with E-state index in [1.807, 2.05) is 30.0 Å². The van der Waals surface area contributed by atoms with Crippen LogP contribution in [0, 0.1) is 0 Å². The SMILES string of the molecule is CCc1[nH]nc(C(=O)N2CCC(c3ccccc3)C2)c1N. The molecule has 3 N–H and O–H groups in total. The van der Waals surface area contributed by atoms with Crippen LogP contribution in [0.2, 0.25) is 0 Å². The van der Waals surface area contributed by atoms with Crippen molar-refractivity contribution in [3.05, 3.63) is 47.3 Å². The first-order valence-electron chi connectivity index (χ1n) is 7.37. The Morgan fingerprint density at radius 1 is 1.43 bits per heavy atom. The van der Waals surface area contributed by atoms with E-state index in [0.29, 0.717) is 17.3 Å². The summed E-state index contributed by atoms with van der Waals surface area (Å²) >= 11 is 0. The van der Waals surface area contributed by atoms with Gasteiger partial charge in [0.05, 0.1) is 11.4 Å². The quantitative estimate of drug-likeness (QED) is 0.907. The number of nitrogens with two attached hydrogens (primary N) is 1. The van der Waals surface area contributed by atoms with Crippen LogP contribution in [0.25, 0.3) is 0 Å². The van der Waals surface area contributed by atoms with Gasteiger partial charge in [-0.3, -0.25) is 9.89 Å². The standard InChI is InChI=1S/C16H20N4O/c1-2-13-14(17)15(19-18-13)16(21)20-9-8-12(10-20)11-6-4-3-5-7-11/h3-7,12H,2,8-10,17H2,1H3,(H,18,19). The molecule has 5 heteroatoms. The van der Waals surface area contributed by atoms with E-state index < -0.39 is 0 Å². The number of aromatic nitrogens is 2. The summed E-state index contributed by atoms with van der Waals surface area (Å²) in [7, 11) is 0. The molecule has 21 heavy (non-hydrogen) atoms. The van der Waals surface area contributed by atoms with Crippen molar-refractivity contribution >= 4 is 11.6 Å². The molecule has 1 atom stereocenters. The number of amides is 1. The number of carbonyl (C=O) groups excluding carboxylic acids is 1. The van der Waals surface area contributed by atoms with Gasteiger partial charge in [0.25, 0.3) is 5.91 Å². The van der Waals surface area contributed by atoms with Crippen molar-refractivity contribution in [1.29, 1.82) is 0 Å². The molecule has 1 aliphatic heterocycles. The first-order valence-corrected chi connectivity index (χ1v) is 7.37. The van der Waals surface area contributed by atoms with Crippen LogP contribution < -0.4 is 5.73 Å². The number of nitrogens with one attached hydrogen (secondary N) is 1. The molecule has 2 aromatic rings. The summed E-state index contributed by atoms with van der Waals surface area (Å²) in [4.78, 5) is 14.4. The van der Waals surface area contributed by atoms with Gasteiger partial charge in [-0.2, -0.15) is 5.10 Å². The summed E-state index contributed by atoms with van der Waals surface area (Å²) in [5.74, 6) is 0.336. The second-order valence-corrected chi connectivity index (χ2v) is 5.47. The fourth-order valence-corrected chi connectivity index (χ4v) is 2.91. The van der Waals surface area contributed by atoms with Crippen LogP contribution >= 0.6 is 0 Å². The summed E-state index contributed by atoms with van der Waals surface area (Å²) in [5, 5.41) is 6.94. The number of benzene rings is 1. The van der Waals surface area contributed by atoms with Crippen molar-refractivity contribution in [3.63, 3.8) is 0 Å². The lowest BCUT2D eigenvalue weighted by Gasteiger charge is -2.15. The molecule has 1 fully saturated rings. The Hall–Kier alpha value is -2.30. The molecule has 3 rings (SSSR count). The number of likely N-dealkylation sites (tertiary alicyclic amines) is 1. The highest BCUT2D eigenvalue weighted by atomic mass is 16.2. The van der Waals surface area contributed by atoms with Crippen LogP contribution in [0.4, 0.5) is 5.69 Å². The van der Waals surface area contributed by atoms with Crippen molar-refractivity contribution < 1.29 is 4.79 Å². The second kappa shape index (κ2) is 5.60. The number of anilines is 1. The maximum Gasteiger partial charge on any atom is 0.276 e. The molecule has 1 aliphatic rings. The normalized spacial score (nSPS) is 18.1. The maximum absolute atomic E-state index is 12.5. The minimum atomic E-state index is -0.0677. The molecule has 0 bridgehead atoms. The van der Waals surface area contributed by atoms with E-state index >= 15 is 0 Å². The van der Waals surface area contributed by atoms with Crippen molar-refractivity contribution in [3.8, 4) is 0 Å². The monoisotopic (exact) mass is 284 g/mol. The largest absolute Gasteiger partial charge is 0.395 e. The van der Waals surface area contributed by atoms with Crippen molar-refractivity contribution in [1.82, 2.24) is 15.1 Å². The predicted octanol–water partition coefficient (Wildman–Crippen LogP) is 2.18. The number of nitrogens with zero attached hydrogens (tertiary/aromatic N) is 2. The lowest BCUT2D eigenvalue weighted by molar-refractivity contribution is 0.0786. The van der Waals surface area contributed by atoms with Crippen LogP contribution in [0.5, 0.6) is 0 Å². The molecule has 1 aromatic carbocycles. The van der Waals surface area contributed by atoms with Gasteiger partial charge in [0.2, 0.25) is 0 Å². The van der Waals surface area contributed by atoms with Crippen LogP contribution in [0.3, 0.4) is 0 Å². The minimum absolute atomic E-state index is 0.0677. The molecule has 0 saturated carbocycles. The summed E-state index contributed by atoms with van der Waals surface area (Å²) in [6.45, 7) is 3.47. The van der Waals surface area contributed by atoms with Gasteiger partial charge in [0, 0.05) is 19.0 Å². The average molecular weight is 284 g/mol. The van der Waals surface area contributed by atoms with Gasteiger partial charge in [0.1, 0.15) is 0 Å². The Balaban J connectivity index is 1.74. The van der Waals surface area contributed by atoms with Gasteiger partial charge in [-0.15, -0.1) is 0 Å². The van der Waals surface area contributed by atoms with E-state index in [1.54, 1.807) is 0 Å². The highest BCUT2D eigenvalue weighted by Crippen LogP contribution is 2.28. The molecule has 0 spiro atoms. The zero-order valence-electron chi connectivity index (χ0n) is 12.2. The topological polar surface area (TPSA) is 75.0 Å². The van der Waals surface area contributed by atoms with E-state index in [2.05, 4.69) is 22.3 Å². The first kappa shape index (κ1) is 13.7. The third-order valence-corrected chi connectivity index (χ3v) is 4.19. The van der Waals surface area contributed by atoms with E-state index in [4.69, 9.17) is 5.73 Å². The summed E-state index contributed by atoms with van der Waals surface area (Å²) < 4.78 is 0. The van der Waals surface area contributed by atoms with Crippen LogP contribution in [0.15, 0.2) is 30.3 Å². The number of rotatable bonds is 3. The molecular formula is C16H20N4O. The number of hydrogen-bond acceptors (Lipinski definition) is 3. The molecule has 5 nitrogen and oxygen atoms in total. The number of aryl methyl sites for hydroxylation is 1. The first-order chi connectivity index (χ1) is 10.2.